The highest BCUT2D eigenvalue weighted by atomic mass is 32.2. The number of benzene rings is 2. The van der Waals surface area contributed by atoms with Gasteiger partial charge in [-0.25, -0.2) is 0 Å². The predicted octanol–water partition coefficient (Wildman–Crippen LogP) is 4.23. The number of nitrogens with zero attached hydrogens (tertiary/aromatic N) is 3. The van der Waals surface area contributed by atoms with Crippen molar-refractivity contribution >= 4 is 35.3 Å². The van der Waals surface area contributed by atoms with E-state index in [2.05, 4.69) is 4.90 Å². The van der Waals surface area contributed by atoms with Crippen LogP contribution in [0, 0.1) is 20.2 Å². The van der Waals surface area contributed by atoms with Gasteiger partial charge in [0.1, 0.15) is 0 Å². The minimum Gasteiger partial charge on any atom is -0.282 e. The molecule has 1 fully saturated rings. The fraction of sp³-hybridized carbons (Fsp3) is 0.222. The number of hydrogen-bond donors (Lipinski definition) is 0. The molecule has 0 aromatic heterocycles. The molecule has 2 aliphatic rings. The average Bonchev–Trinajstić information content (AvgIpc) is 3.20. The highest BCUT2D eigenvalue weighted by Gasteiger charge is 2.42. The Hall–Kier alpha value is -2.71. The second-order valence-corrected chi connectivity index (χ2v) is 7.24. The van der Waals surface area contributed by atoms with Crippen LogP contribution in [0.3, 0.4) is 0 Å². The molecule has 4 rings (SSSR count). The number of hydrogen-bond acceptors (Lipinski definition) is 6. The van der Waals surface area contributed by atoms with Crippen molar-refractivity contribution in [1.29, 1.82) is 0 Å². The third-order valence-corrected chi connectivity index (χ3v) is 5.84. The van der Waals surface area contributed by atoms with Gasteiger partial charge in [0.05, 0.1) is 21.5 Å². The van der Waals surface area contributed by atoms with Gasteiger partial charge in [0.15, 0.2) is 0 Å². The van der Waals surface area contributed by atoms with Crippen molar-refractivity contribution in [2.24, 2.45) is 0 Å². The van der Waals surface area contributed by atoms with Gasteiger partial charge in [-0.05, 0) is 17.2 Å². The van der Waals surface area contributed by atoms with Crippen LogP contribution in [0.5, 0.6) is 0 Å². The first-order valence-electron chi connectivity index (χ1n) is 8.09. The molecule has 132 valence electrons. The van der Waals surface area contributed by atoms with Crippen molar-refractivity contribution in [3.05, 3.63) is 78.9 Å². The molecule has 2 heterocycles. The van der Waals surface area contributed by atoms with Gasteiger partial charge in [-0.3, -0.25) is 25.1 Å². The van der Waals surface area contributed by atoms with Crippen LogP contribution in [0.1, 0.15) is 28.3 Å². The van der Waals surface area contributed by atoms with Crippen LogP contribution in [0.25, 0.3) is 12.2 Å². The summed E-state index contributed by atoms with van der Waals surface area (Å²) in [5, 5.41) is 23.1. The summed E-state index contributed by atoms with van der Waals surface area (Å²) in [5.74, 6) is 1.57. The molecule has 1 saturated heterocycles. The molecule has 7 nitrogen and oxygen atoms in total. The zero-order valence-electron chi connectivity index (χ0n) is 13.7. The summed E-state index contributed by atoms with van der Waals surface area (Å²) in [5.41, 5.74) is 2.39. The highest BCUT2D eigenvalue weighted by molar-refractivity contribution is 7.99. The summed E-state index contributed by atoms with van der Waals surface area (Å²) >= 11 is 1.74. The summed E-state index contributed by atoms with van der Waals surface area (Å²) in [6.07, 6.45) is 3.54. The number of nitro groups is 2. The highest BCUT2D eigenvalue weighted by Crippen LogP contribution is 2.49. The molecule has 0 saturated carbocycles. The third-order valence-electron chi connectivity index (χ3n) is 4.78. The van der Waals surface area contributed by atoms with Crippen molar-refractivity contribution in [3.8, 4) is 0 Å². The standard InChI is InChI=1S/C18H15N3O4S/c22-20(23)15-8-16(21(24)25)14-9-19-11-26-10-17(19)18(14)13(15)7-6-12-4-2-1-3-5-12/h1-8,17H,9-11H2/b7-6+. The van der Waals surface area contributed by atoms with Crippen molar-refractivity contribution in [1.82, 2.24) is 4.90 Å². The Morgan fingerprint density at radius 1 is 1.08 bits per heavy atom. The van der Waals surface area contributed by atoms with Crippen molar-refractivity contribution in [3.63, 3.8) is 0 Å². The number of rotatable bonds is 4. The Morgan fingerprint density at radius 3 is 2.50 bits per heavy atom. The average molecular weight is 369 g/mol. The Labute approximate surface area is 153 Å². The minimum atomic E-state index is -0.525. The van der Waals surface area contributed by atoms with Crippen LogP contribution in [0.4, 0.5) is 11.4 Å². The summed E-state index contributed by atoms with van der Waals surface area (Å²) in [4.78, 5) is 24.2. The summed E-state index contributed by atoms with van der Waals surface area (Å²) in [6.45, 7) is 0.466. The van der Waals surface area contributed by atoms with Gasteiger partial charge in [-0.15, -0.1) is 11.8 Å². The van der Waals surface area contributed by atoms with E-state index in [4.69, 9.17) is 0 Å². The van der Waals surface area contributed by atoms with E-state index < -0.39 is 9.85 Å². The smallest absolute Gasteiger partial charge is 0.282 e. The van der Waals surface area contributed by atoms with Crippen LogP contribution in [0.2, 0.25) is 0 Å². The Balaban J connectivity index is 1.92. The molecular formula is C18H15N3O4S. The van der Waals surface area contributed by atoms with Crippen molar-refractivity contribution < 1.29 is 9.85 Å². The molecule has 0 spiro atoms. The second kappa shape index (κ2) is 6.54. The van der Waals surface area contributed by atoms with Crippen LogP contribution in [-0.2, 0) is 6.54 Å². The van der Waals surface area contributed by atoms with Crippen molar-refractivity contribution in [2.75, 3.05) is 11.6 Å². The SMILES string of the molecule is O=[N+]([O-])c1cc([N+](=O)[O-])c2c(c1/C=C/c1ccccc1)C1CSCN1C2. The van der Waals surface area contributed by atoms with Crippen molar-refractivity contribution in [2.45, 2.75) is 12.6 Å². The van der Waals surface area contributed by atoms with Crippen LogP contribution in [0.15, 0.2) is 36.4 Å². The van der Waals surface area contributed by atoms with Gasteiger partial charge in [-0.1, -0.05) is 36.4 Å². The second-order valence-electron chi connectivity index (χ2n) is 6.24. The molecule has 2 aliphatic heterocycles. The lowest BCUT2D eigenvalue weighted by Gasteiger charge is -2.14. The zero-order valence-corrected chi connectivity index (χ0v) is 14.5. The van der Waals surface area contributed by atoms with Gasteiger partial charge in [-0.2, -0.15) is 0 Å². The lowest BCUT2D eigenvalue weighted by atomic mass is 9.95. The molecule has 26 heavy (non-hydrogen) atoms. The van der Waals surface area contributed by atoms with E-state index in [1.54, 1.807) is 17.8 Å². The molecule has 0 radical (unpaired) electrons. The maximum Gasteiger partial charge on any atom is 0.283 e. The first-order chi connectivity index (χ1) is 12.6. The number of fused-ring (bicyclic) bond motifs is 3. The molecule has 0 amide bonds. The lowest BCUT2D eigenvalue weighted by Crippen LogP contribution is -2.15. The minimum absolute atomic E-state index is 0.0102. The van der Waals surface area contributed by atoms with E-state index in [0.717, 1.165) is 28.8 Å². The third kappa shape index (κ3) is 2.77. The van der Waals surface area contributed by atoms with Gasteiger partial charge in [0.25, 0.3) is 11.4 Å². The maximum atomic E-state index is 11.6. The quantitative estimate of drug-likeness (QED) is 0.455. The van der Waals surface area contributed by atoms with Gasteiger partial charge < -0.3 is 0 Å². The molecule has 0 N–H and O–H groups in total. The summed E-state index contributed by atoms with van der Waals surface area (Å²) in [6, 6.07) is 10.6. The van der Waals surface area contributed by atoms with E-state index in [1.165, 1.54) is 0 Å². The van der Waals surface area contributed by atoms with E-state index >= 15 is 0 Å². The fourth-order valence-electron chi connectivity index (χ4n) is 3.61. The lowest BCUT2D eigenvalue weighted by molar-refractivity contribution is -0.394. The monoisotopic (exact) mass is 369 g/mol. The molecule has 0 aliphatic carbocycles. The topological polar surface area (TPSA) is 89.5 Å². The molecule has 2 aromatic carbocycles. The van der Waals surface area contributed by atoms with Gasteiger partial charge in [0.2, 0.25) is 0 Å². The Kier molecular flexibility index (Phi) is 4.21. The van der Waals surface area contributed by atoms with E-state index in [9.17, 15) is 20.2 Å². The normalized spacial score (nSPS) is 18.8. The van der Waals surface area contributed by atoms with E-state index in [1.807, 2.05) is 36.4 Å². The molecule has 2 aromatic rings. The first-order valence-corrected chi connectivity index (χ1v) is 9.25. The number of thioether (sulfide) groups is 1. The van der Waals surface area contributed by atoms with Gasteiger partial charge >= 0.3 is 0 Å². The Bertz CT molecular complexity index is 930. The first kappa shape index (κ1) is 16.7. The zero-order chi connectivity index (χ0) is 18.3. The van der Waals surface area contributed by atoms with Crippen LogP contribution >= 0.6 is 11.8 Å². The fourth-order valence-corrected chi connectivity index (χ4v) is 4.83. The van der Waals surface area contributed by atoms with Gasteiger partial charge in [0, 0.05) is 29.8 Å². The van der Waals surface area contributed by atoms with Crippen LogP contribution < -0.4 is 0 Å². The Morgan fingerprint density at radius 2 is 1.81 bits per heavy atom. The predicted molar refractivity (Wildman–Crippen MR) is 101 cm³/mol. The molecule has 1 unspecified atom stereocenters. The number of nitro benzene ring substituents is 2. The summed E-state index contributed by atoms with van der Waals surface area (Å²) < 4.78 is 0. The summed E-state index contributed by atoms with van der Waals surface area (Å²) in [7, 11) is 0. The molecular weight excluding hydrogens is 354 g/mol. The molecule has 0 bridgehead atoms. The van der Waals surface area contributed by atoms with E-state index in [0.29, 0.717) is 17.7 Å². The maximum absolute atomic E-state index is 11.6. The molecule has 1 atom stereocenters. The largest absolute Gasteiger partial charge is 0.283 e. The molecule has 8 heteroatoms. The van der Waals surface area contributed by atoms with Crippen LogP contribution in [-0.4, -0.2) is 26.4 Å². The van der Waals surface area contributed by atoms with E-state index in [-0.39, 0.29) is 17.4 Å².